The lowest BCUT2D eigenvalue weighted by Gasteiger charge is -2.34. The van der Waals surface area contributed by atoms with Crippen LogP contribution in [0.5, 0.6) is 0 Å². The van der Waals surface area contributed by atoms with Crippen LogP contribution in [0.1, 0.15) is 24.0 Å². The molecule has 0 aromatic heterocycles. The second-order valence-electron chi connectivity index (χ2n) is 6.83. The summed E-state index contributed by atoms with van der Waals surface area (Å²) in [5.74, 6) is -1.05. The Labute approximate surface area is 178 Å². The van der Waals surface area contributed by atoms with Gasteiger partial charge in [0.2, 0.25) is 0 Å². The van der Waals surface area contributed by atoms with Crippen molar-refractivity contribution >= 4 is 40.8 Å². The number of halogens is 3. The molecule has 1 fully saturated rings. The predicted octanol–water partition coefficient (Wildman–Crippen LogP) is 3.54. The molecular formula is C20H22ClF2N5S. The minimum Gasteiger partial charge on any atom is -0.375 e. The Balaban J connectivity index is 1.56. The molecule has 0 amide bonds. The van der Waals surface area contributed by atoms with Crippen molar-refractivity contribution in [2.24, 2.45) is 10.8 Å². The Morgan fingerprint density at radius 3 is 2.55 bits per heavy atom. The Hall–Kier alpha value is -2.29. The molecule has 0 saturated carbocycles. The Morgan fingerprint density at radius 2 is 1.90 bits per heavy atom. The molecule has 4 N–H and O–H groups in total. The number of hydrogen-bond acceptors (Lipinski definition) is 4. The van der Waals surface area contributed by atoms with Gasteiger partial charge in [-0.05, 0) is 48.8 Å². The van der Waals surface area contributed by atoms with E-state index < -0.39 is 11.6 Å². The lowest BCUT2D eigenvalue weighted by molar-refractivity contribution is 0.411. The van der Waals surface area contributed by atoms with Crippen LogP contribution in [0.3, 0.4) is 0 Å². The van der Waals surface area contributed by atoms with E-state index in [0.717, 1.165) is 37.2 Å². The Kier molecular flexibility index (Phi) is 7.35. The van der Waals surface area contributed by atoms with Crippen LogP contribution in [-0.2, 0) is 6.54 Å². The lowest BCUT2D eigenvalue weighted by atomic mass is 10.0. The number of nitrogens with one attached hydrogen (secondary N) is 2. The zero-order valence-electron chi connectivity index (χ0n) is 15.7. The maximum atomic E-state index is 14.5. The van der Waals surface area contributed by atoms with Crippen LogP contribution >= 0.6 is 23.8 Å². The molecule has 0 aliphatic carbocycles. The van der Waals surface area contributed by atoms with Gasteiger partial charge in [-0.25, -0.2) is 8.78 Å². The summed E-state index contributed by atoms with van der Waals surface area (Å²) in [5, 5.41) is 7.85. The van der Waals surface area contributed by atoms with Crippen molar-refractivity contribution < 1.29 is 8.78 Å². The molecule has 1 aliphatic heterocycles. The number of anilines is 1. The van der Waals surface area contributed by atoms with Gasteiger partial charge in [-0.1, -0.05) is 23.7 Å². The molecular weight excluding hydrogens is 416 g/mol. The first kappa shape index (κ1) is 21.4. The number of benzene rings is 2. The highest BCUT2D eigenvalue weighted by Gasteiger charge is 2.22. The molecule has 154 valence electrons. The van der Waals surface area contributed by atoms with E-state index in [0.29, 0.717) is 24.2 Å². The summed E-state index contributed by atoms with van der Waals surface area (Å²) in [7, 11) is 0. The summed E-state index contributed by atoms with van der Waals surface area (Å²) in [6.45, 7) is 2.04. The maximum absolute atomic E-state index is 14.5. The second kappa shape index (κ2) is 9.96. The van der Waals surface area contributed by atoms with E-state index in [4.69, 9.17) is 17.3 Å². The van der Waals surface area contributed by atoms with Crippen molar-refractivity contribution in [2.45, 2.75) is 25.4 Å². The number of piperidine rings is 1. The molecule has 0 spiro atoms. The third kappa shape index (κ3) is 6.09. The van der Waals surface area contributed by atoms with Crippen LogP contribution < -0.4 is 21.4 Å². The zero-order chi connectivity index (χ0) is 20.8. The maximum Gasteiger partial charge on any atom is 0.184 e. The van der Waals surface area contributed by atoms with Crippen LogP contribution in [0.15, 0.2) is 41.5 Å². The fraction of sp³-hybridized carbons (Fsp3) is 0.300. The van der Waals surface area contributed by atoms with E-state index in [1.165, 1.54) is 6.07 Å². The van der Waals surface area contributed by atoms with Gasteiger partial charge < -0.3 is 16.0 Å². The Bertz CT molecular complexity index is 883. The number of rotatable bonds is 6. The van der Waals surface area contributed by atoms with Crippen molar-refractivity contribution in [3.8, 4) is 0 Å². The Morgan fingerprint density at radius 1 is 1.21 bits per heavy atom. The van der Waals surface area contributed by atoms with Crippen LogP contribution in [0, 0.1) is 11.6 Å². The summed E-state index contributed by atoms with van der Waals surface area (Å²) in [6, 6.07) is 10.4. The summed E-state index contributed by atoms with van der Waals surface area (Å²) in [6.07, 6.45) is 2.83. The van der Waals surface area contributed by atoms with Gasteiger partial charge in [0.25, 0.3) is 0 Å². The first-order valence-electron chi connectivity index (χ1n) is 9.22. The highest BCUT2D eigenvalue weighted by Crippen LogP contribution is 2.26. The predicted molar refractivity (Wildman–Crippen MR) is 117 cm³/mol. The van der Waals surface area contributed by atoms with Crippen molar-refractivity contribution in [1.29, 1.82) is 0 Å². The standard InChI is InChI=1S/C20H22ClF2N5S/c21-15-3-1-13(2-4-15)11-25-16-5-7-28(8-6-16)19-10-17(22)14(9-18(19)23)12-26-27-20(24)29/h1-4,9-10,12,16,25H,5-8,11H2,(H3,24,27,29). The van der Waals surface area contributed by atoms with Crippen molar-refractivity contribution in [1.82, 2.24) is 10.7 Å². The average molecular weight is 438 g/mol. The molecule has 0 radical (unpaired) electrons. The van der Waals surface area contributed by atoms with E-state index in [2.05, 4.69) is 28.1 Å². The molecule has 2 aromatic rings. The van der Waals surface area contributed by atoms with Gasteiger partial charge in [-0.2, -0.15) is 5.10 Å². The molecule has 1 aliphatic rings. The largest absolute Gasteiger partial charge is 0.375 e. The number of hydrogen-bond donors (Lipinski definition) is 3. The molecule has 3 rings (SSSR count). The summed E-state index contributed by atoms with van der Waals surface area (Å²) in [4.78, 5) is 1.87. The van der Waals surface area contributed by atoms with Gasteiger partial charge >= 0.3 is 0 Å². The van der Waals surface area contributed by atoms with Gasteiger partial charge in [0.15, 0.2) is 5.11 Å². The first-order valence-corrected chi connectivity index (χ1v) is 10.0. The zero-order valence-corrected chi connectivity index (χ0v) is 17.2. The quantitative estimate of drug-likeness (QED) is 0.366. The summed E-state index contributed by atoms with van der Waals surface area (Å²) in [5.41, 5.74) is 9.00. The van der Waals surface area contributed by atoms with E-state index in [1.807, 2.05) is 29.2 Å². The molecule has 5 nitrogen and oxygen atoms in total. The summed E-state index contributed by atoms with van der Waals surface area (Å²) < 4.78 is 28.9. The summed E-state index contributed by atoms with van der Waals surface area (Å²) >= 11 is 10.5. The van der Waals surface area contributed by atoms with Crippen LogP contribution in [0.4, 0.5) is 14.5 Å². The van der Waals surface area contributed by atoms with Crippen molar-refractivity contribution in [3.63, 3.8) is 0 Å². The normalized spacial score (nSPS) is 15.1. The van der Waals surface area contributed by atoms with Crippen LogP contribution in [0.2, 0.25) is 5.02 Å². The molecule has 1 saturated heterocycles. The van der Waals surface area contributed by atoms with Gasteiger partial charge in [0.05, 0.1) is 11.9 Å². The molecule has 1 heterocycles. The number of nitrogens with two attached hydrogens (primary N) is 1. The smallest absolute Gasteiger partial charge is 0.184 e. The number of thiocarbonyl (C=S) groups is 1. The van der Waals surface area contributed by atoms with E-state index in [1.54, 1.807) is 0 Å². The fourth-order valence-corrected chi connectivity index (χ4v) is 3.43. The minimum absolute atomic E-state index is 0.0227. The van der Waals surface area contributed by atoms with Crippen LogP contribution in [0.25, 0.3) is 0 Å². The average Bonchev–Trinajstić information content (AvgIpc) is 2.70. The van der Waals surface area contributed by atoms with Crippen molar-refractivity contribution in [3.05, 3.63) is 64.2 Å². The SMILES string of the molecule is NC(=S)NN=Cc1cc(F)c(N2CCC(NCc3ccc(Cl)cc3)CC2)cc1F. The highest BCUT2D eigenvalue weighted by molar-refractivity contribution is 7.80. The third-order valence-electron chi connectivity index (χ3n) is 4.79. The van der Waals surface area contributed by atoms with E-state index >= 15 is 0 Å². The van der Waals surface area contributed by atoms with Crippen molar-refractivity contribution in [2.75, 3.05) is 18.0 Å². The highest BCUT2D eigenvalue weighted by atomic mass is 35.5. The van der Waals surface area contributed by atoms with Crippen LogP contribution in [-0.4, -0.2) is 30.5 Å². The third-order valence-corrected chi connectivity index (χ3v) is 5.13. The van der Waals surface area contributed by atoms with E-state index in [-0.39, 0.29) is 16.4 Å². The molecule has 0 bridgehead atoms. The monoisotopic (exact) mass is 437 g/mol. The van der Waals surface area contributed by atoms with Gasteiger partial charge in [0, 0.05) is 42.3 Å². The molecule has 9 heteroatoms. The van der Waals surface area contributed by atoms with Gasteiger partial charge in [0.1, 0.15) is 11.6 Å². The van der Waals surface area contributed by atoms with E-state index in [9.17, 15) is 8.78 Å². The molecule has 2 aromatic carbocycles. The first-order chi connectivity index (χ1) is 13.9. The molecule has 0 atom stereocenters. The topological polar surface area (TPSA) is 65.7 Å². The lowest BCUT2D eigenvalue weighted by Crippen LogP contribution is -2.42. The molecule has 0 unspecified atom stereocenters. The second-order valence-corrected chi connectivity index (χ2v) is 7.70. The number of nitrogens with zero attached hydrogens (tertiary/aromatic N) is 2. The number of hydrazone groups is 1. The van der Waals surface area contributed by atoms with Gasteiger partial charge in [-0.15, -0.1) is 0 Å². The fourth-order valence-electron chi connectivity index (χ4n) is 3.25. The minimum atomic E-state index is -0.558. The van der Waals surface area contributed by atoms with Gasteiger partial charge in [-0.3, -0.25) is 5.43 Å². The molecule has 29 heavy (non-hydrogen) atoms.